The molecule has 0 aromatic heterocycles. The molecule has 1 N–H and O–H groups in total. The molecule has 1 unspecified atom stereocenters. The Bertz CT molecular complexity index is 323. The molecule has 0 heterocycles. The van der Waals surface area contributed by atoms with Crippen LogP contribution in [0.3, 0.4) is 0 Å². The van der Waals surface area contributed by atoms with Crippen molar-refractivity contribution in [1.82, 2.24) is 0 Å². The summed E-state index contributed by atoms with van der Waals surface area (Å²) in [6, 6.07) is 0. The molecule has 0 aromatic rings. The number of aliphatic hydroxyl groups excluding tert-OH is 1. The van der Waals surface area contributed by atoms with Gasteiger partial charge >= 0.3 is 0 Å². The predicted molar refractivity (Wildman–Crippen MR) is 91.0 cm³/mol. The van der Waals surface area contributed by atoms with Crippen LogP contribution in [0.15, 0.2) is 11.6 Å². The highest BCUT2D eigenvalue weighted by Gasteiger charge is 2.23. The third-order valence-corrected chi connectivity index (χ3v) is 4.33. The Morgan fingerprint density at radius 1 is 1.14 bits per heavy atom. The highest BCUT2D eigenvalue weighted by atomic mass is 16.5. The third-order valence-electron chi connectivity index (χ3n) is 4.33. The molecule has 3 heteroatoms. The largest absolute Gasteiger partial charge is 0.396 e. The summed E-state index contributed by atoms with van der Waals surface area (Å²) in [4.78, 5) is 12.1. The van der Waals surface area contributed by atoms with Crippen molar-refractivity contribution in [3.05, 3.63) is 11.6 Å². The Hall–Kier alpha value is -0.670. The lowest BCUT2D eigenvalue weighted by Gasteiger charge is -2.22. The van der Waals surface area contributed by atoms with E-state index in [0.717, 1.165) is 31.3 Å². The van der Waals surface area contributed by atoms with E-state index in [0.29, 0.717) is 19.4 Å². The van der Waals surface area contributed by atoms with Crippen LogP contribution in [0.25, 0.3) is 0 Å². The summed E-state index contributed by atoms with van der Waals surface area (Å²) in [7, 11) is 0. The Balaban J connectivity index is 2.32. The summed E-state index contributed by atoms with van der Waals surface area (Å²) in [6.07, 6.45) is 15.2. The number of ether oxygens (including phenoxy) is 1. The Morgan fingerprint density at radius 3 is 2.55 bits per heavy atom. The number of allylic oxidation sites excluding steroid dienone is 1. The average Bonchev–Trinajstić information content (AvgIpc) is 2.53. The number of Topliss-reactive ketones (excluding diaryl/α,β-unsaturated/α-hetero) is 1. The molecule has 0 saturated carbocycles. The lowest BCUT2D eigenvalue weighted by Crippen LogP contribution is -2.24. The fourth-order valence-electron chi connectivity index (χ4n) is 2.99. The minimum absolute atomic E-state index is 0.0463. The lowest BCUT2D eigenvalue weighted by molar-refractivity contribution is -0.117. The molecule has 0 spiro atoms. The second-order valence-electron chi connectivity index (χ2n) is 6.32. The number of hydrogen-bond acceptors (Lipinski definition) is 3. The first kappa shape index (κ1) is 19.4. The van der Waals surface area contributed by atoms with Crippen LogP contribution in [0.1, 0.15) is 84.0 Å². The van der Waals surface area contributed by atoms with Crippen molar-refractivity contribution in [2.75, 3.05) is 13.2 Å². The maximum atomic E-state index is 12.1. The maximum absolute atomic E-state index is 12.1. The Morgan fingerprint density at radius 2 is 1.86 bits per heavy atom. The van der Waals surface area contributed by atoms with Crippen molar-refractivity contribution < 1.29 is 14.6 Å². The molecule has 128 valence electrons. The lowest BCUT2D eigenvalue weighted by atomic mass is 9.91. The number of aliphatic hydroxyl groups is 1. The van der Waals surface area contributed by atoms with Gasteiger partial charge in [0.2, 0.25) is 0 Å². The minimum atomic E-state index is -0.0463. The molecule has 0 fully saturated rings. The number of rotatable bonds is 13. The van der Waals surface area contributed by atoms with Crippen molar-refractivity contribution in [1.29, 1.82) is 0 Å². The van der Waals surface area contributed by atoms with Crippen LogP contribution in [0.2, 0.25) is 0 Å². The number of hydrogen-bond donors (Lipinski definition) is 1. The predicted octanol–water partition coefficient (Wildman–Crippen LogP) is 4.57. The van der Waals surface area contributed by atoms with E-state index in [9.17, 15) is 4.79 Å². The van der Waals surface area contributed by atoms with Crippen molar-refractivity contribution in [2.45, 2.75) is 90.1 Å². The average molecular weight is 310 g/mol. The summed E-state index contributed by atoms with van der Waals surface area (Å²) < 4.78 is 5.89. The topological polar surface area (TPSA) is 46.5 Å². The summed E-state index contributed by atoms with van der Waals surface area (Å²) in [5.41, 5.74) is 0.898. The summed E-state index contributed by atoms with van der Waals surface area (Å²) >= 11 is 0. The van der Waals surface area contributed by atoms with E-state index in [1.165, 1.54) is 38.5 Å². The second kappa shape index (κ2) is 12.8. The van der Waals surface area contributed by atoms with E-state index >= 15 is 0 Å². The van der Waals surface area contributed by atoms with Crippen LogP contribution < -0.4 is 0 Å². The van der Waals surface area contributed by atoms with E-state index < -0.39 is 0 Å². The third kappa shape index (κ3) is 8.09. The van der Waals surface area contributed by atoms with Crippen molar-refractivity contribution in [2.24, 2.45) is 0 Å². The van der Waals surface area contributed by atoms with Gasteiger partial charge in [-0.1, -0.05) is 57.9 Å². The number of ketones is 1. The second-order valence-corrected chi connectivity index (χ2v) is 6.32. The van der Waals surface area contributed by atoms with Crippen LogP contribution in [-0.4, -0.2) is 30.2 Å². The first-order valence-electron chi connectivity index (χ1n) is 9.25. The first-order valence-corrected chi connectivity index (χ1v) is 9.25. The van der Waals surface area contributed by atoms with Crippen LogP contribution in [0.5, 0.6) is 0 Å². The SMILES string of the molecule is CCCCCCCCCC(OCCCO)C1=CCCCC1=O. The van der Waals surface area contributed by atoms with Crippen LogP contribution >= 0.6 is 0 Å². The van der Waals surface area contributed by atoms with Crippen molar-refractivity contribution >= 4 is 5.78 Å². The molecule has 0 aliphatic heterocycles. The van der Waals surface area contributed by atoms with Gasteiger partial charge in [-0.25, -0.2) is 0 Å². The molecule has 0 bridgehead atoms. The van der Waals surface area contributed by atoms with Crippen molar-refractivity contribution in [3.63, 3.8) is 0 Å². The highest BCUT2D eigenvalue weighted by Crippen LogP contribution is 2.23. The zero-order valence-corrected chi connectivity index (χ0v) is 14.3. The van der Waals surface area contributed by atoms with Gasteiger partial charge in [0.1, 0.15) is 0 Å². The molecule has 1 aliphatic rings. The quantitative estimate of drug-likeness (QED) is 0.507. The van der Waals surface area contributed by atoms with Crippen LogP contribution in [0, 0.1) is 0 Å². The summed E-state index contributed by atoms with van der Waals surface area (Å²) in [5.74, 6) is 0.267. The van der Waals surface area contributed by atoms with Gasteiger partial charge in [0.25, 0.3) is 0 Å². The zero-order valence-electron chi connectivity index (χ0n) is 14.3. The van der Waals surface area contributed by atoms with E-state index in [-0.39, 0.29) is 18.5 Å². The van der Waals surface area contributed by atoms with E-state index in [4.69, 9.17) is 9.84 Å². The Labute approximate surface area is 136 Å². The normalized spacial score (nSPS) is 16.6. The van der Waals surface area contributed by atoms with Crippen LogP contribution in [0.4, 0.5) is 0 Å². The van der Waals surface area contributed by atoms with Gasteiger partial charge in [0, 0.05) is 25.2 Å². The maximum Gasteiger partial charge on any atom is 0.161 e. The van der Waals surface area contributed by atoms with Gasteiger partial charge in [0.15, 0.2) is 5.78 Å². The molecule has 1 rings (SSSR count). The van der Waals surface area contributed by atoms with Crippen molar-refractivity contribution in [3.8, 4) is 0 Å². The molecule has 0 amide bonds. The van der Waals surface area contributed by atoms with E-state index in [2.05, 4.69) is 13.0 Å². The summed E-state index contributed by atoms with van der Waals surface area (Å²) in [5, 5.41) is 8.90. The van der Waals surface area contributed by atoms with Gasteiger partial charge in [0.05, 0.1) is 6.10 Å². The Kier molecular flexibility index (Phi) is 11.3. The van der Waals surface area contributed by atoms with Gasteiger partial charge in [-0.05, 0) is 25.7 Å². The molecule has 1 atom stereocenters. The summed E-state index contributed by atoms with van der Waals surface area (Å²) in [6.45, 7) is 2.93. The molecule has 22 heavy (non-hydrogen) atoms. The first-order chi connectivity index (χ1) is 10.8. The molecular weight excluding hydrogens is 276 g/mol. The van der Waals surface area contributed by atoms with Crippen LogP contribution in [-0.2, 0) is 9.53 Å². The fraction of sp³-hybridized carbons (Fsp3) is 0.842. The van der Waals surface area contributed by atoms with Gasteiger partial charge in [-0.3, -0.25) is 4.79 Å². The monoisotopic (exact) mass is 310 g/mol. The molecule has 0 radical (unpaired) electrons. The van der Waals surface area contributed by atoms with E-state index in [1.54, 1.807) is 0 Å². The standard InChI is InChI=1S/C19H34O3/c1-2-3-4-5-6-7-8-14-19(22-16-11-15-20)17-12-9-10-13-18(17)21/h12,19-20H,2-11,13-16H2,1H3. The number of carbonyl (C=O) groups excluding carboxylic acids is 1. The molecule has 1 aliphatic carbocycles. The van der Waals surface area contributed by atoms with E-state index in [1.807, 2.05) is 0 Å². The molecule has 3 nitrogen and oxygen atoms in total. The smallest absolute Gasteiger partial charge is 0.161 e. The molecular formula is C19H34O3. The zero-order chi connectivity index (χ0) is 16.0. The number of carbonyl (C=O) groups is 1. The fourth-order valence-corrected chi connectivity index (χ4v) is 2.99. The number of unbranched alkanes of at least 4 members (excludes halogenated alkanes) is 6. The minimum Gasteiger partial charge on any atom is -0.396 e. The molecule has 0 aromatic carbocycles. The van der Waals surface area contributed by atoms with Gasteiger partial charge in [-0.15, -0.1) is 0 Å². The van der Waals surface area contributed by atoms with Gasteiger partial charge < -0.3 is 9.84 Å². The highest BCUT2D eigenvalue weighted by molar-refractivity contribution is 5.96. The molecule has 0 saturated heterocycles. The van der Waals surface area contributed by atoms with Gasteiger partial charge in [-0.2, -0.15) is 0 Å².